The van der Waals surface area contributed by atoms with Gasteiger partial charge in [-0.15, -0.1) is 0 Å². The van der Waals surface area contributed by atoms with Crippen LogP contribution in [0.15, 0.2) is 59.3 Å². The average molecular weight is 292 g/mol. The van der Waals surface area contributed by atoms with Gasteiger partial charge in [0, 0.05) is 28.9 Å². The number of hydrogen-bond acceptors (Lipinski definition) is 3. The number of benzene rings is 1. The third-order valence-corrected chi connectivity index (χ3v) is 3.41. The average Bonchev–Trinajstić information content (AvgIpc) is 3.26. The molecule has 22 heavy (non-hydrogen) atoms. The van der Waals surface area contributed by atoms with E-state index in [4.69, 9.17) is 4.42 Å². The van der Waals surface area contributed by atoms with Crippen molar-refractivity contribution in [3.05, 3.63) is 60.6 Å². The van der Waals surface area contributed by atoms with Crippen LogP contribution in [0.3, 0.4) is 0 Å². The van der Waals surface area contributed by atoms with Gasteiger partial charge in [-0.25, -0.2) is 0 Å². The quantitative estimate of drug-likeness (QED) is 0.541. The molecule has 6 heteroatoms. The van der Waals surface area contributed by atoms with Crippen LogP contribution in [0.25, 0.3) is 22.4 Å². The molecule has 1 aromatic carbocycles. The predicted molar refractivity (Wildman–Crippen MR) is 82.5 cm³/mol. The number of hydrogen-bond donors (Lipinski definition) is 3. The van der Waals surface area contributed by atoms with Crippen molar-refractivity contribution in [2.45, 2.75) is 0 Å². The second-order valence-electron chi connectivity index (χ2n) is 4.88. The number of aromatic amines is 2. The van der Waals surface area contributed by atoms with E-state index < -0.39 is 0 Å². The number of anilines is 1. The minimum atomic E-state index is -0.274. The first-order chi connectivity index (χ1) is 10.8. The third kappa shape index (κ3) is 2.16. The van der Waals surface area contributed by atoms with Crippen molar-refractivity contribution in [3.8, 4) is 11.5 Å². The van der Waals surface area contributed by atoms with Crippen LogP contribution in [0.4, 0.5) is 5.69 Å². The van der Waals surface area contributed by atoms with E-state index in [1.165, 1.54) is 0 Å². The van der Waals surface area contributed by atoms with Gasteiger partial charge in [-0.2, -0.15) is 5.10 Å². The Hall–Kier alpha value is -3.28. The Morgan fingerprint density at radius 2 is 2.14 bits per heavy atom. The van der Waals surface area contributed by atoms with Gasteiger partial charge in [-0.1, -0.05) is 0 Å². The summed E-state index contributed by atoms with van der Waals surface area (Å²) in [5.74, 6) is 0.365. The zero-order valence-electron chi connectivity index (χ0n) is 11.5. The van der Waals surface area contributed by atoms with Crippen molar-refractivity contribution in [3.63, 3.8) is 0 Å². The first kappa shape index (κ1) is 12.5. The van der Waals surface area contributed by atoms with Crippen LogP contribution < -0.4 is 5.32 Å². The van der Waals surface area contributed by atoms with E-state index in [1.54, 1.807) is 24.5 Å². The molecule has 0 spiro atoms. The molecule has 0 aliphatic rings. The number of fused-ring (bicyclic) bond motifs is 1. The normalized spacial score (nSPS) is 10.9. The minimum absolute atomic E-state index is 0.274. The topological polar surface area (TPSA) is 86.7 Å². The van der Waals surface area contributed by atoms with Gasteiger partial charge in [0.1, 0.15) is 5.69 Å². The smallest absolute Gasteiger partial charge is 0.276 e. The highest BCUT2D eigenvalue weighted by atomic mass is 16.3. The molecule has 0 saturated carbocycles. The van der Waals surface area contributed by atoms with Crippen molar-refractivity contribution in [1.82, 2.24) is 15.2 Å². The summed E-state index contributed by atoms with van der Waals surface area (Å²) in [7, 11) is 0. The molecule has 3 N–H and O–H groups in total. The maximum Gasteiger partial charge on any atom is 0.276 e. The lowest BCUT2D eigenvalue weighted by molar-refractivity contribution is 0.102. The number of nitrogens with one attached hydrogen (secondary N) is 3. The number of amides is 1. The van der Waals surface area contributed by atoms with Crippen LogP contribution in [0.2, 0.25) is 0 Å². The molecule has 0 fully saturated rings. The Morgan fingerprint density at radius 3 is 3.00 bits per heavy atom. The van der Waals surface area contributed by atoms with E-state index in [9.17, 15) is 4.79 Å². The Bertz CT molecular complexity index is 934. The van der Waals surface area contributed by atoms with Gasteiger partial charge in [0.25, 0.3) is 5.91 Å². The summed E-state index contributed by atoms with van der Waals surface area (Å²) in [4.78, 5) is 15.3. The summed E-state index contributed by atoms with van der Waals surface area (Å²) in [5.41, 5.74) is 2.72. The Morgan fingerprint density at radius 1 is 1.18 bits per heavy atom. The van der Waals surface area contributed by atoms with Crippen LogP contribution in [0.5, 0.6) is 0 Å². The van der Waals surface area contributed by atoms with E-state index in [-0.39, 0.29) is 5.91 Å². The fraction of sp³-hybridized carbons (Fsp3) is 0. The highest BCUT2D eigenvalue weighted by Crippen LogP contribution is 2.20. The van der Waals surface area contributed by atoms with Gasteiger partial charge < -0.3 is 14.7 Å². The summed E-state index contributed by atoms with van der Waals surface area (Å²) < 4.78 is 5.26. The van der Waals surface area contributed by atoms with Crippen LogP contribution in [-0.4, -0.2) is 21.1 Å². The van der Waals surface area contributed by atoms with Crippen molar-refractivity contribution in [2.24, 2.45) is 0 Å². The molecule has 0 aliphatic carbocycles. The summed E-state index contributed by atoms with van der Waals surface area (Å²) in [5, 5.41) is 10.7. The molecular weight excluding hydrogens is 280 g/mol. The molecule has 3 heterocycles. The number of H-pyrrole nitrogens is 2. The zero-order chi connectivity index (χ0) is 14.9. The fourth-order valence-corrected chi connectivity index (χ4v) is 2.32. The lowest BCUT2D eigenvalue weighted by atomic mass is 10.2. The zero-order valence-corrected chi connectivity index (χ0v) is 11.5. The SMILES string of the molecule is O=C(Nc1ccc2[nH]ccc2c1)c1cc(-c2ccco2)[nH]n1. The Labute approximate surface area is 125 Å². The summed E-state index contributed by atoms with van der Waals surface area (Å²) in [6, 6.07) is 12.9. The standard InChI is InChI=1S/C16H12N4O2/c21-16(14-9-13(19-20-14)15-2-1-7-22-15)18-11-3-4-12-10(8-11)5-6-17-12/h1-9,17H,(H,18,21)(H,19,20). The van der Waals surface area contributed by atoms with Crippen LogP contribution in [0, 0.1) is 0 Å². The molecule has 0 radical (unpaired) electrons. The maximum atomic E-state index is 12.2. The van der Waals surface area contributed by atoms with E-state index in [1.807, 2.05) is 30.5 Å². The first-order valence-corrected chi connectivity index (χ1v) is 6.77. The second kappa shape index (κ2) is 4.92. The summed E-state index contributed by atoms with van der Waals surface area (Å²) in [6.45, 7) is 0. The molecule has 0 aliphatic heterocycles. The summed E-state index contributed by atoms with van der Waals surface area (Å²) in [6.07, 6.45) is 3.43. The fourth-order valence-electron chi connectivity index (χ4n) is 2.32. The number of aromatic nitrogens is 3. The maximum absolute atomic E-state index is 12.2. The van der Waals surface area contributed by atoms with Crippen LogP contribution in [0.1, 0.15) is 10.5 Å². The monoisotopic (exact) mass is 292 g/mol. The van der Waals surface area contributed by atoms with E-state index in [0.717, 1.165) is 16.6 Å². The highest BCUT2D eigenvalue weighted by Gasteiger charge is 2.13. The van der Waals surface area contributed by atoms with Gasteiger partial charge in [0.2, 0.25) is 0 Å². The predicted octanol–water partition coefficient (Wildman–Crippen LogP) is 3.40. The van der Waals surface area contributed by atoms with Crippen LogP contribution >= 0.6 is 0 Å². The summed E-state index contributed by atoms with van der Waals surface area (Å²) >= 11 is 0. The molecule has 1 amide bonds. The molecule has 4 aromatic rings. The third-order valence-electron chi connectivity index (χ3n) is 3.41. The second-order valence-corrected chi connectivity index (χ2v) is 4.88. The van der Waals surface area contributed by atoms with Crippen molar-refractivity contribution in [1.29, 1.82) is 0 Å². The van der Waals surface area contributed by atoms with E-state index in [0.29, 0.717) is 17.1 Å². The van der Waals surface area contributed by atoms with Gasteiger partial charge >= 0.3 is 0 Å². The molecule has 0 atom stereocenters. The first-order valence-electron chi connectivity index (χ1n) is 6.77. The van der Waals surface area contributed by atoms with Crippen LogP contribution in [-0.2, 0) is 0 Å². The molecule has 0 bridgehead atoms. The van der Waals surface area contributed by atoms with Gasteiger partial charge in [0.15, 0.2) is 11.5 Å². The molecule has 4 rings (SSSR count). The van der Waals surface area contributed by atoms with Crippen molar-refractivity contribution < 1.29 is 9.21 Å². The van der Waals surface area contributed by atoms with Gasteiger partial charge in [-0.3, -0.25) is 9.89 Å². The Balaban J connectivity index is 1.56. The van der Waals surface area contributed by atoms with Gasteiger partial charge in [-0.05, 0) is 36.4 Å². The van der Waals surface area contributed by atoms with E-state index >= 15 is 0 Å². The van der Waals surface area contributed by atoms with Crippen molar-refractivity contribution in [2.75, 3.05) is 5.32 Å². The number of carbonyl (C=O) groups excluding carboxylic acids is 1. The highest BCUT2D eigenvalue weighted by molar-refractivity contribution is 6.04. The molecular formula is C16H12N4O2. The lowest BCUT2D eigenvalue weighted by Crippen LogP contribution is -2.12. The Kier molecular flexibility index (Phi) is 2.79. The minimum Gasteiger partial charge on any atom is -0.463 e. The number of rotatable bonds is 3. The number of furan rings is 1. The molecule has 0 saturated heterocycles. The number of nitrogens with zero attached hydrogens (tertiary/aromatic N) is 1. The molecule has 0 unspecified atom stereocenters. The van der Waals surface area contributed by atoms with Gasteiger partial charge in [0.05, 0.1) is 6.26 Å². The molecule has 108 valence electrons. The largest absolute Gasteiger partial charge is 0.463 e. The van der Waals surface area contributed by atoms with Crippen molar-refractivity contribution >= 4 is 22.5 Å². The lowest BCUT2D eigenvalue weighted by Gasteiger charge is -2.02. The molecule has 6 nitrogen and oxygen atoms in total. The molecule has 3 aromatic heterocycles. The number of carbonyl (C=O) groups is 1. The van der Waals surface area contributed by atoms with E-state index in [2.05, 4.69) is 20.5 Å².